The van der Waals surface area contributed by atoms with E-state index in [-0.39, 0.29) is 11.0 Å². The van der Waals surface area contributed by atoms with Gasteiger partial charge in [-0.2, -0.15) is 10.5 Å². The zero-order chi connectivity index (χ0) is 12.8. The third-order valence-electron chi connectivity index (χ3n) is 3.63. The highest BCUT2D eigenvalue weighted by atomic mass is 35.5. The van der Waals surface area contributed by atoms with Gasteiger partial charge in [0.2, 0.25) is 0 Å². The van der Waals surface area contributed by atoms with Crippen LogP contribution in [0.25, 0.3) is 0 Å². The lowest BCUT2D eigenvalue weighted by Gasteiger charge is -2.33. The van der Waals surface area contributed by atoms with Crippen molar-refractivity contribution in [3.05, 3.63) is 10.1 Å². The molecular weight excluding hydrogens is 302 g/mol. The lowest BCUT2D eigenvalue weighted by Crippen LogP contribution is -2.35. The van der Waals surface area contributed by atoms with Gasteiger partial charge in [0.25, 0.3) is 0 Å². The normalized spacial score (nSPS) is 43.6. The summed E-state index contributed by atoms with van der Waals surface area (Å²) in [6, 6.07) is 4.22. The summed E-state index contributed by atoms with van der Waals surface area (Å²) in [5.41, 5.74) is 0. The van der Waals surface area contributed by atoms with E-state index in [9.17, 15) is 5.26 Å². The molecule has 2 aliphatic carbocycles. The number of nitriles is 2. The van der Waals surface area contributed by atoms with Crippen LogP contribution in [0.15, 0.2) is 10.1 Å². The summed E-state index contributed by atoms with van der Waals surface area (Å²) in [4.78, 5) is -1.85. The summed E-state index contributed by atoms with van der Waals surface area (Å²) in [6.07, 6.45) is 1.19. The molecule has 0 radical (unpaired) electrons. The molecule has 1 fully saturated rings. The van der Waals surface area contributed by atoms with E-state index in [1.165, 1.54) is 0 Å². The fourth-order valence-corrected chi connectivity index (χ4v) is 4.77. The fourth-order valence-electron chi connectivity index (χ4n) is 2.83. The first-order valence-electron chi connectivity index (χ1n) is 5.12. The third kappa shape index (κ3) is 1.59. The van der Waals surface area contributed by atoms with Gasteiger partial charge in [-0.25, -0.2) is 0 Å². The number of hydrogen-bond donors (Lipinski definition) is 0. The molecule has 0 unspecified atom stereocenters. The van der Waals surface area contributed by atoms with Crippen molar-refractivity contribution in [1.29, 1.82) is 10.5 Å². The predicted octanol–water partition coefficient (Wildman–Crippen LogP) is 4.11. The van der Waals surface area contributed by atoms with Crippen molar-refractivity contribution in [3.8, 4) is 12.1 Å². The van der Waals surface area contributed by atoms with E-state index in [1.54, 1.807) is 0 Å². The summed E-state index contributed by atoms with van der Waals surface area (Å²) in [5, 5.41) is 18.5. The molecule has 0 spiro atoms. The Labute approximate surface area is 120 Å². The summed E-state index contributed by atoms with van der Waals surface area (Å²) in [7, 11) is 0. The molecule has 0 aromatic rings. The van der Waals surface area contributed by atoms with E-state index in [1.807, 2.05) is 0 Å². The fraction of sp³-hybridized carbons (Fsp3) is 0.636. The SMILES string of the molecule is N#CCC[C@H]1[C@H](C#N)[C@@]2(Cl)C[C@@]1(Cl)C(Cl)=C2Cl. The number of halogens is 4. The molecule has 0 N–H and O–H groups in total. The number of fused-ring (bicyclic) bond motifs is 2. The Hall–Kier alpha value is -0.120. The van der Waals surface area contributed by atoms with Crippen LogP contribution in [0, 0.1) is 34.5 Å². The van der Waals surface area contributed by atoms with E-state index in [2.05, 4.69) is 12.1 Å². The molecule has 0 heterocycles. The second-order valence-corrected chi connectivity index (χ2v) is 6.54. The van der Waals surface area contributed by atoms with Gasteiger partial charge in [0.05, 0.1) is 37.9 Å². The van der Waals surface area contributed by atoms with Crippen LogP contribution in [0.4, 0.5) is 0 Å². The topological polar surface area (TPSA) is 47.6 Å². The van der Waals surface area contributed by atoms with Crippen LogP contribution in [0.2, 0.25) is 0 Å². The Bertz CT molecular complexity index is 475. The van der Waals surface area contributed by atoms with Crippen molar-refractivity contribution < 1.29 is 0 Å². The second-order valence-electron chi connectivity index (χ2n) is 4.44. The minimum absolute atomic E-state index is 0.221. The van der Waals surface area contributed by atoms with Gasteiger partial charge in [-0.3, -0.25) is 0 Å². The van der Waals surface area contributed by atoms with E-state index in [0.29, 0.717) is 24.3 Å². The van der Waals surface area contributed by atoms with Gasteiger partial charge < -0.3 is 0 Å². The van der Waals surface area contributed by atoms with E-state index >= 15 is 0 Å². The van der Waals surface area contributed by atoms with Crippen molar-refractivity contribution in [3.63, 3.8) is 0 Å². The number of hydrogen-bond acceptors (Lipinski definition) is 2. The Balaban J connectivity index is 2.45. The van der Waals surface area contributed by atoms with Crippen molar-refractivity contribution >= 4 is 46.4 Å². The molecule has 1 saturated carbocycles. The molecule has 90 valence electrons. The Morgan fingerprint density at radius 3 is 2.29 bits per heavy atom. The molecular formula is C11H8Cl4N2. The van der Waals surface area contributed by atoms with Gasteiger partial charge in [0.15, 0.2) is 0 Å². The zero-order valence-corrected chi connectivity index (χ0v) is 11.7. The van der Waals surface area contributed by atoms with Gasteiger partial charge in [-0.05, 0) is 12.8 Å². The molecule has 17 heavy (non-hydrogen) atoms. The molecule has 0 aromatic carbocycles. The minimum Gasteiger partial charge on any atom is -0.198 e. The monoisotopic (exact) mass is 308 g/mol. The first-order chi connectivity index (χ1) is 7.91. The van der Waals surface area contributed by atoms with E-state index in [4.69, 9.17) is 51.7 Å². The first kappa shape index (κ1) is 13.3. The van der Waals surface area contributed by atoms with Crippen molar-refractivity contribution in [2.45, 2.75) is 29.0 Å². The lowest BCUT2D eigenvalue weighted by atomic mass is 9.80. The third-order valence-corrected chi connectivity index (χ3v) is 6.13. The maximum atomic E-state index is 9.24. The van der Waals surface area contributed by atoms with E-state index in [0.717, 1.165) is 0 Å². The molecule has 0 aromatic heterocycles. The quantitative estimate of drug-likeness (QED) is 0.721. The molecule has 6 heteroatoms. The van der Waals surface area contributed by atoms with Gasteiger partial charge in [0.1, 0.15) is 0 Å². The Kier molecular flexibility index (Phi) is 3.30. The average Bonchev–Trinajstić information content (AvgIpc) is 2.62. The highest BCUT2D eigenvalue weighted by molar-refractivity contribution is 6.51. The molecule has 2 rings (SSSR count). The van der Waals surface area contributed by atoms with Crippen LogP contribution in [0.5, 0.6) is 0 Å². The summed E-state index contributed by atoms with van der Waals surface area (Å²) in [5.74, 6) is -0.716. The number of alkyl halides is 2. The summed E-state index contributed by atoms with van der Waals surface area (Å²) in [6.45, 7) is 0. The van der Waals surface area contributed by atoms with Crippen LogP contribution in [0.1, 0.15) is 19.3 Å². The summed E-state index contributed by atoms with van der Waals surface area (Å²) >= 11 is 25.1. The van der Waals surface area contributed by atoms with Crippen molar-refractivity contribution in [1.82, 2.24) is 0 Å². The second kappa shape index (κ2) is 4.22. The number of allylic oxidation sites excluding steroid dienone is 2. The Morgan fingerprint density at radius 1 is 1.18 bits per heavy atom. The van der Waals surface area contributed by atoms with Crippen LogP contribution in [-0.2, 0) is 0 Å². The highest BCUT2D eigenvalue weighted by Crippen LogP contribution is 2.68. The summed E-state index contributed by atoms with van der Waals surface area (Å²) < 4.78 is 0. The van der Waals surface area contributed by atoms with Crippen LogP contribution < -0.4 is 0 Å². The molecule has 2 bridgehead atoms. The average molecular weight is 310 g/mol. The van der Waals surface area contributed by atoms with Crippen LogP contribution >= 0.6 is 46.4 Å². The Morgan fingerprint density at radius 2 is 1.76 bits per heavy atom. The molecule has 0 saturated heterocycles. The van der Waals surface area contributed by atoms with E-state index < -0.39 is 15.7 Å². The van der Waals surface area contributed by atoms with Gasteiger partial charge in [-0.1, -0.05) is 23.2 Å². The van der Waals surface area contributed by atoms with Crippen molar-refractivity contribution in [2.75, 3.05) is 0 Å². The molecule has 0 aliphatic heterocycles. The molecule has 2 aliphatic rings. The molecule has 2 nitrogen and oxygen atoms in total. The maximum absolute atomic E-state index is 9.24. The van der Waals surface area contributed by atoms with Crippen LogP contribution in [-0.4, -0.2) is 9.75 Å². The van der Waals surface area contributed by atoms with Crippen LogP contribution in [0.3, 0.4) is 0 Å². The minimum atomic E-state index is -0.977. The van der Waals surface area contributed by atoms with Gasteiger partial charge in [0, 0.05) is 12.3 Å². The standard InChI is InChI=1S/C11H8Cl4N2/c12-8-9(13)11(15)5-10(8,14)6(2-1-3-16)7(11)4-17/h6-7H,1-2,5H2/t6-,7-,10-,11-/m0/s1. The number of rotatable bonds is 2. The molecule has 4 atom stereocenters. The lowest BCUT2D eigenvalue weighted by molar-refractivity contribution is 0.372. The molecule has 0 amide bonds. The van der Waals surface area contributed by atoms with Crippen molar-refractivity contribution in [2.24, 2.45) is 11.8 Å². The zero-order valence-electron chi connectivity index (χ0n) is 8.68. The first-order valence-corrected chi connectivity index (χ1v) is 6.63. The maximum Gasteiger partial charge on any atom is 0.0994 e. The smallest absolute Gasteiger partial charge is 0.0994 e. The van der Waals surface area contributed by atoms with Gasteiger partial charge in [-0.15, -0.1) is 23.2 Å². The highest BCUT2D eigenvalue weighted by Gasteiger charge is 2.68. The predicted molar refractivity (Wildman–Crippen MR) is 68.0 cm³/mol. The largest absolute Gasteiger partial charge is 0.198 e. The van der Waals surface area contributed by atoms with Gasteiger partial charge >= 0.3 is 0 Å². The number of nitrogens with zero attached hydrogens (tertiary/aromatic N) is 2.